The van der Waals surface area contributed by atoms with Crippen molar-refractivity contribution in [2.75, 3.05) is 44.3 Å². The summed E-state index contributed by atoms with van der Waals surface area (Å²) in [6.07, 6.45) is -0.730. The first kappa shape index (κ1) is 19.2. The van der Waals surface area contributed by atoms with Gasteiger partial charge in [0.25, 0.3) is 0 Å². The number of rotatable bonds is 7. The lowest BCUT2D eigenvalue weighted by Gasteiger charge is -2.32. The number of anilines is 1. The number of aryl methyl sites for hydroxylation is 1. The van der Waals surface area contributed by atoms with Gasteiger partial charge in [0.05, 0.1) is 25.1 Å². The molecule has 0 atom stereocenters. The summed E-state index contributed by atoms with van der Waals surface area (Å²) in [5.74, 6) is 0. The summed E-state index contributed by atoms with van der Waals surface area (Å²) >= 11 is 1.52. The number of hydrogen-bond acceptors (Lipinski definition) is 7. The van der Waals surface area contributed by atoms with Gasteiger partial charge in [-0.25, -0.2) is 9.78 Å². The van der Waals surface area contributed by atoms with Crippen molar-refractivity contribution in [1.82, 2.24) is 9.88 Å². The number of nitrogens with zero attached hydrogens (tertiary/aromatic N) is 3. The largest absolute Gasteiger partial charge is 0.465 e. The van der Waals surface area contributed by atoms with E-state index in [4.69, 9.17) is 14.2 Å². The molecule has 0 unspecified atom stereocenters. The van der Waals surface area contributed by atoms with Gasteiger partial charge in [-0.05, 0) is 20.8 Å². The van der Waals surface area contributed by atoms with E-state index in [-0.39, 0.29) is 6.16 Å². The van der Waals surface area contributed by atoms with E-state index in [0.29, 0.717) is 39.4 Å². The molecule has 1 fully saturated rings. The van der Waals surface area contributed by atoms with E-state index in [0.717, 1.165) is 15.7 Å². The molecule has 24 heavy (non-hydrogen) atoms. The molecule has 2 rings (SSSR count). The lowest BCUT2D eigenvalue weighted by atomic mass is 10.3. The van der Waals surface area contributed by atoms with Gasteiger partial charge in [-0.3, -0.25) is 4.57 Å². The molecule has 10 heteroatoms. The van der Waals surface area contributed by atoms with E-state index in [1.165, 1.54) is 16.2 Å². The Kier molecular flexibility index (Phi) is 6.62. The molecule has 2 heterocycles. The van der Waals surface area contributed by atoms with E-state index in [2.05, 4.69) is 9.88 Å². The Morgan fingerprint density at radius 2 is 1.83 bits per heavy atom. The van der Waals surface area contributed by atoms with Crippen LogP contribution < -0.4 is 4.90 Å². The predicted octanol–water partition coefficient (Wildman–Crippen LogP) is 3.02. The molecule has 0 bridgehead atoms. The Hall–Kier alpha value is -1.15. The third-order valence-electron chi connectivity index (χ3n) is 3.70. The van der Waals surface area contributed by atoms with Crippen molar-refractivity contribution in [2.24, 2.45) is 0 Å². The number of thiazole rings is 1. The summed E-state index contributed by atoms with van der Waals surface area (Å²) in [6, 6.07) is 0. The Balaban J connectivity index is 2.07. The van der Waals surface area contributed by atoms with Crippen molar-refractivity contribution in [3.8, 4) is 0 Å². The molecular weight excluding hydrogens is 353 g/mol. The predicted molar refractivity (Wildman–Crippen MR) is 93.2 cm³/mol. The summed E-state index contributed by atoms with van der Waals surface area (Å²) in [7, 11) is -3.18. The topological polar surface area (TPSA) is 92.2 Å². The molecule has 136 valence electrons. The minimum Gasteiger partial charge on any atom is -0.465 e. The summed E-state index contributed by atoms with van der Waals surface area (Å²) in [5.41, 5.74) is 0.723. The van der Waals surface area contributed by atoms with Crippen LogP contribution in [-0.2, 0) is 19.8 Å². The molecule has 1 aromatic heterocycles. The van der Waals surface area contributed by atoms with Gasteiger partial charge in [-0.15, -0.1) is 11.3 Å². The number of carbonyl (C=O) groups is 1. The molecule has 0 saturated carbocycles. The smallest absolute Gasteiger partial charge is 0.407 e. The third kappa shape index (κ3) is 4.69. The Morgan fingerprint density at radius 3 is 2.33 bits per heavy atom. The normalized spacial score (nSPS) is 15.8. The number of amides is 1. The fraction of sp³-hybridized carbons (Fsp3) is 0.714. The number of carboxylic acid groups (broad SMARTS) is 1. The van der Waals surface area contributed by atoms with Crippen molar-refractivity contribution in [1.29, 1.82) is 0 Å². The SMILES string of the molecule is CCOP(=O)(Cc1nc(N2CCN(C(=O)O)CC2)sc1C)OCC. The van der Waals surface area contributed by atoms with Gasteiger partial charge in [0.2, 0.25) is 0 Å². The second-order valence-electron chi connectivity index (χ2n) is 5.36. The Morgan fingerprint density at radius 1 is 1.25 bits per heavy atom. The minimum absolute atomic E-state index is 0.159. The number of hydrogen-bond donors (Lipinski definition) is 1. The van der Waals surface area contributed by atoms with Crippen LogP contribution in [0, 0.1) is 6.92 Å². The molecule has 1 amide bonds. The molecule has 0 radical (unpaired) electrons. The van der Waals surface area contributed by atoms with Gasteiger partial charge in [-0.2, -0.15) is 0 Å². The average Bonchev–Trinajstić information content (AvgIpc) is 2.88. The van der Waals surface area contributed by atoms with Crippen LogP contribution in [0.2, 0.25) is 0 Å². The molecule has 1 aliphatic heterocycles. The van der Waals surface area contributed by atoms with Gasteiger partial charge in [-0.1, -0.05) is 0 Å². The molecular formula is C14H24N3O5PS. The van der Waals surface area contributed by atoms with E-state index >= 15 is 0 Å². The van der Waals surface area contributed by atoms with Crippen molar-refractivity contribution < 1.29 is 23.5 Å². The first-order chi connectivity index (χ1) is 11.4. The van der Waals surface area contributed by atoms with Crippen molar-refractivity contribution >= 4 is 30.2 Å². The number of piperazine rings is 1. The zero-order valence-corrected chi connectivity index (χ0v) is 15.9. The van der Waals surface area contributed by atoms with Crippen LogP contribution in [-0.4, -0.2) is 60.5 Å². The monoisotopic (exact) mass is 377 g/mol. The molecule has 0 spiro atoms. The maximum absolute atomic E-state index is 12.7. The maximum atomic E-state index is 12.7. The van der Waals surface area contributed by atoms with Crippen LogP contribution in [0.25, 0.3) is 0 Å². The van der Waals surface area contributed by atoms with Gasteiger partial charge in [0, 0.05) is 31.1 Å². The fourth-order valence-electron chi connectivity index (χ4n) is 2.49. The summed E-state index contributed by atoms with van der Waals surface area (Å²) in [4.78, 5) is 20.0. The first-order valence-corrected chi connectivity index (χ1v) is 10.5. The van der Waals surface area contributed by atoms with Gasteiger partial charge in [0.1, 0.15) is 0 Å². The van der Waals surface area contributed by atoms with E-state index in [9.17, 15) is 9.36 Å². The van der Waals surface area contributed by atoms with E-state index in [1.54, 1.807) is 13.8 Å². The molecule has 1 aromatic rings. The van der Waals surface area contributed by atoms with Crippen LogP contribution in [0.5, 0.6) is 0 Å². The highest BCUT2D eigenvalue weighted by atomic mass is 32.1. The zero-order chi connectivity index (χ0) is 17.7. The minimum atomic E-state index is -3.18. The highest BCUT2D eigenvalue weighted by molar-refractivity contribution is 7.53. The lowest BCUT2D eigenvalue weighted by Crippen LogP contribution is -2.48. The number of aromatic nitrogens is 1. The van der Waals surface area contributed by atoms with Crippen LogP contribution in [0.1, 0.15) is 24.4 Å². The van der Waals surface area contributed by atoms with E-state index in [1.807, 2.05) is 6.92 Å². The summed E-state index contributed by atoms with van der Waals surface area (Å²) in [6.45, 7) is 8.28. The molecule has 8 nitrogen and oxygen atoms in total. The highest BCUT2D eigenvalue weighted by Crippen LogP contribution is 2.52. The third-order valence-corrected chi connectivity index (χ3v) is 6.76. The summed E-state index contributed by atoms with van der Waals surface area (Å²) < 4.78 is 23.3. The highest BCUT2D eigenvalue weighted by Gasteiger charge is 2.28. The second-order valence-corrected chi connectivity index (χ2v) is 8.60. The Labute approximate surface area is 145 Å². The Bertz CT molecular complexity index is 606. The average molecular weight is 377 g/mol. The first-order valence-electron chi connectivity index (χ1n) is 7.95. The molecule has 0 aliphatic carbocycles. The molecule has 1 saturated heterocycles. The zero-order valence-electron chi connectivity index (χ0n) is 14.2. The van der Waals surface area contributed by atoms with Gasteiger partial charge in [0.15, 0.2) is 5.13 Å². The van der Waals surface area contributed by atoms with Crippen molar-refractivity contribution in [2.45, 2.75) is 26.9 Å². The molecule has 1 N–H and O–H groups in total. The standard InChI is InChI=1S/C14H24N3O5PS/c1-4-21-23(20,22-5-2)10-12-11(3)24-13(15-12)16-6-8-17(9-7-16)14(18)19/h4-10H2,1-3H3,(H,18,19). The molecule has 0 aromatic carbocycles. The fourth-order valence-corrected chi connectivity index (χ4v) is 5.29. The van der Waals surface area contributed by atoms with Crippen LogP contribution in [0.15, 0.2) is 0 Å². The van der Waals surface area contributed by atoms with Crippen LogP contribution in [0.3, 0.4) is 0 Å². The summed E-state index contributed by atoms with van der Waals surface area (Å²) in [5, 5.41) is 9.83. The van der Waals surface area contributed by atoms with Crippen molar-refractivity contribution in [3.05, 3.63) is 10.6 Å². The van der Waals surface area contributed by atoms with Gasteiger partial charge >= 0.3 is 13.7 Å². The van der Waals surface area contributed by atoms with Crippen LogP contribution in [0.4, 0.5) is 9.93 Å². The molecule has 1 aliphatic rings. The maximum Gasteiger partial charge on any atom is 0.407 e. The van der Waals surface area contributed by atoms with Crippen LogP contribution >= 0.6 is 18.9 Å². The quantitative estimate of drug-likeness (QED) is 0.730. The van der Waals surface area contributed by atoms with E-state index < -0.39 is 13.7 Å². The van der Waals surface area contributed by atoms with Crippen molar-refractivity contribution in [3.63, 3.8) is 0 Å². The lowest BCUT2D eigenvalue weighted by molar-refractivity contribution is 0.142. The van der Waals surface area contributed by atoms with Gasteiger partial charge < -0.3 is 24.0 Å². The second kappa shape index (κ2) is 8.29.